The van der Waals surface area contributed by atoms with Crippen LogP contribution in [-0.2, 0) is 4.74 Å². The molecule has 0 aromatic rings. The first-order valence-electron chi connectivity index (χ1n) is 5.53. The molecule has 1 fully saturated rings. The van der Waals surface area contributed by atoms with E-state index in [0.717, 1.165) is 32.1 Å². The average molecular weight is 185 g/mol. The Bertz CT molecular complexity index is 137. The lowest BCUT2D eigenvalue weighted by atomic mass is 9.98. The molecule has 0 aliphatic carbocycles. The van der Waals surface area contributed by atoms with Crippen molar-refractivity contribution in [2.45, 2.75) is 45.6 Å². The van der Waals surface area contributed by atoms with Gasteiger partial charge in [0.25, 0.3) is 0 Å². The highest BCUT2D eigenvalue weighted by atomic mass is 16.5. The third-order valence-corrected chi connectivity index (χ3v) is 3.19. The van der Waals surface area contributed by atoms with Crippen molar-refractivity contribution in [2.24, 2.45) is 5.92 Å². The minimum atomic E-state index is 0.253. The van der Waals surface area contributed by atoms with Gasteiger partial charge in [-0.05, 0) is 25.8 Å². The predicted molar refractivity (Wildman–Crippen MR) is 55.9 cm³/mol. The van der Waals surface area contributed by atoms with Crippen LogP contribution < -0.4 is 5.32 Å². The Balaban J connectivity index is 2.23. The van der Waals surface area contributed by atoms with Crippen LogP contribution in [0.15, 0.2) is 0 Å². The third-order valence-electron chi connectivity index (χ3n) is 3.19. The van der Waals surface area contributed by atoms with Gasteiger partial charge < -0.3 is 10.1 Å². The topological polar surface area (TPSA) is 21.3 Å². The summed E-state index contributed by atoms with van der Waals surface area (Å²) >= 11 is 0. The monoisotopic (exact) mass is 185 g/mol. The molecule has 1 aliphatic heterocycles. The minimum Gasteiger partial charge on any atom is -0.379 e. The van der Waals surface area contributed by atoms with Crippen LogP contribution in [-0.4, -0.2) is 25.3 Å². The van der Waals surface area contributed by atoms with Gasteiger partial charge in [0.05, 0.1) is 6.61 Å². The van der Waals surface area contributed by atoms with Crippen LogP contribution in [0.2, 0.25) is 0 Å². The smallest absolute Gasteiger partial charge is 0.0646 e. The molecule has 0 amide bonds. The summed E-state index contributed by atoms with van der Waals surface area (Å²) in [4.78, 5) is 0. The normalized spacial score (nSPS) is 28.6. The SMILES string of the molecule is CCC(CC)CNC1(C)CCOC1. The maximum Gasteiger partial charge on any atom is 0.0646 e. The molecular formula is C11H23NO. The molecular weight excluding hydrogens is 162 g/mol. The molecule has 2 heteroatoms. The van der Waals surface area contributed by atoms with Gasteiger partial charge in [-0.1, -0.05) is 26.7 Å². The minimum absolute atomic E-state index is 0.253. The Hall–Kier alpha value is -0.0800. The summed E-state index contributed by atoms with van der Waals surface area (Å²) in [5.74, 6) is 0.831. The van der Waals surface area contributed by atoms with E-state index < -0.39 is 0 Å². The molecule has 0 aromatic heterocycles. The van der Waals surface area contributed by atoms with Crippen LogP contribution in [0, 0.1) is 5.92 Å². The van der Waals surface area contributed by atoms with Crippen molar-refractivity contribution in [3.8, 4) is 0 Å². The second-order valence-electron chi connectivity index (χ2n) is 4.43. The molecule has 0 aromatic carbocycles. The zero-order valence-corrected chi connectivity index (χ0v) is 9.23. The second-order valence-corrected chi connectivity index (χ2v) is 4.43. The van der Waals surface area contributed by atoms with E-state index in [4.69, 9.17) is 4.74 Å². The fraction of sp³-hybridized carbons (Fsp3) is 1.00. The molecule has 0 radical (unpaired) electrons. The third kappa shape index (κ3) is 3.28. The Morgan fingerprint density at radius 3 is 2.54 bits per heavy atom. The van der Waals surface area contributed by atoms with Crippen molar-refractivity contribution < 1.29 is 4.74 Å². The van der Waals surface area contributed by atoms with Gasteiger partial charge in [-0.25, -0.2) is 0 Å². The van der Waals surface area contributed by atoms with Gasteiger partial charge in [0.2, 0.25) is 0 Å². The lowest BCUT2D eigenvalue weighted by Gasteiger charge is -2.26. The van der Waals surface area contributed by atoms with Crippen LogP contribution >= 0.6 is 0 Å². The van der Waals surface area contributed by atoms with E-state index in [9.17, 15) is 0 Å². The molecule has 0 saturated carbocycles. The largest absolute Gasteiger partial charge is 0.379 e. The van der Waals surface area contributed by atoms with E-state index in [2.05, 4.69) is 26.1 Å². The number of hydrogen-bond acceptors (Lipinski definition) is 2. The summed E-state index contributed by atoms with van der Waals surface area (Å²) in [6.07, 6.45) is 3.72. The standard InChI is InChI=1S/C11H23NO/c1-4-10(5-2)8-12-11(3)6-7-13-9-11/h10,12H,4-9H2,1-3H3. The van der Waals surface area contributed by atoms with Crippen LogP contribution in [0.4, 0.5) is 0 Å². The molecule has 1 aliphatic rings. The average Bonchev–Trinajstić information content (AvgIpc) is 2.55. The summed E-state index contributed by atoms with van der Waals surface area (Å²) in [5.41, 5.74) is 0.253. The molecule has 1 saturated heterocycles. The summed E-state index contributed by atoms with van der Waals surface area (Å²) in [6.45, 7) is 9.75. The maximum absolute atomic E-state index is 5.40. The second kappa shape index (κ2) is 4.97. The van der Waals surface area contributed by atoms with E-state index in [-0.39, 0.29) is 5.54 Å². The van der Waals surface area contributed by atoms with Crippen molar-refractivity contribution in [3.05, 3.63) is 0 Å². The van der Waals surface area contributed by atoms with Crippen molar-refractivity contribution in [1.29, 1.82) is 0 Å². The van der Waals surface area contributed by atoms with Crippen LogP contribution in [0.25, 0.3) is 0 Å². The summed E-state index contributed by atoms with van der Waals surface area (Å²) in [7, 11) is 0. The fourth-order valence-electron chi connectivity index (χ4n) is 1.77. The van der Waals surface area contributed by atoms with E-state index >= 15 is 0 Å². The van der Waals surface area contributed by atoms with E-state index in [1.54, 1.807) is 0 Å². The molecule has 78 valence electrons. The zero-order chi connectivity index (χ0) is 9.73. The molecule has 1 atom stereocenters. The molecule has 13 heavy (non-hydrogen) atoms. The van der Waals surface area contributed by atoms with Crippen LogP contribution in [0.5, 0.6) is 0 Å². The molecule has 1 N–H and O–H groups in total. The lowest BCUT2D eigenvalue weighted by molar-refractivity contribution is 0.169. The maximum atomic E-state index is 5.40. The lowest BCUT2D eigenvalue weighted by Crippen LogP contribution is -2.44. The van der Waals surface area contributed by atoms with Gasteiger partial charge in [-0.3, -0.25) is 0 Å². The van der Waals surface area contributed by atoms with Gasteiger partial charge in [0, 0.05) is 12.1 Å². The van der Waals surface area contributed by atoms with E-state index in [1.165, 1.54) is 12.8 Å². The van der Waals surface area contributed by atoms with Crippen LogP contribution in [0.1, 0.15) is 40.0 Å². The number of nitrogens with one attached hydrogen (secondary N) is 1. The Kier molecular flexibility index (Phi) is 4.20. The van der Waals surface area contributed by atoms with Crippen molar-refractivity contribution in [3.63, 3.8) is 0 Å². The van der Waals surface area contributed by atoms with Gasteiger partial charge in [-0.15, -0.1) is 0 Å². The van der Waals surface area contributed by atoms with Gasteiger partial charge in [0.1, 0.15) is 0 Å². The molecule has 1 rings (SSSR count). The van der Waals surface area contributed by atoms with Crippen molar-refractivity contribution in [1.82, 2.24) is 5.32 Å². The van der Waals surface area contributed by atoms with Crippen molar-refractivity contribution >= 4 is 0 Å². The fourth-order valence-corrected chi connectivity index (χ4v) is 1.77. The first-order valence-corrected chi connectivity index (χ1v) is 5.53. The highest BCUT2D eigenvalue weighted by Crippen LogP contribution is 2.18. The number of hydrogen-bond donors (Lipinski definition) is 1. The summed E-state index contributed by atoms with van der Waals surface area (Å²) < 4.78 is 5.40. The number of rotatable bonds is 5. The Labute approximate surface area is 82.0 Å². The molecule has 0 spiro atoms. The molecule has 2 nitrogen and oxygen atoms in total. The first-order chi connectivity index (χ1) is 6.20. The van der Waals surface area contributed by atoms with E-state index in [1.807, 2.05) is 0 Å². The highest BCUT2D eigenvalue weighted by Gasteiger charge is 2.29. The summed E-state index contributed by atoms with van der Waals surface area (Å²) in [5, 5.41) is 3.63. The Morgan fingerprint density at radius 2 is 2.08 bits per heavy atom. The molecule has 1 unspecified atom stereocenters. The van der Waals surface area contributed by atoms with Crippen molar-refractivity contribution in [2.75, 3.05) is 19.8 Å². The van der Waals surface area contributed by atoms with Gasteiger partial charge in [-0.2, -0.15) is 0 Å². The predicted octanol–water partition coefficient (Wildman–Crippen LogP) is 2.19. The molecule has 1 heterocycles. The first kappa shape index (κ1) is 11.0. The quantitative estimate of drug-likeness (QED) is 0.709. The van der Waals surface area contributed by atoms with E-state index in [0.29, 0.717) is 0 Å². The molecule has 0 bridgehead atoms. The summed E-state index contributed by atoms with van der Waals surface area (Å²) in [6, 6.07) is 0. The highest BCUT2D eigenvalue weighted by molar-refractivity contribution is 4.87. The van der Waals surface area contributed by atoms with Gasteiger partial charge in [0.15, 0.2) is 0 Å². The zero-order valence-electron chi connectivity index (χ0n) is 9.23. The Morgan fingerprint density at radius 1 is 1.38 bits per heavy atom. The number of ether oxygens (including phenoxy) is 1. The van der Waals surface area contributed by atoms with Gasteiger partial charge >= 0.3 is 0 Å². The van der Waals surface area contributed by atoms with Crippen LogP contribution in [0.3, 0.4) is 0 Å².